The van der Waals surface area contributed by atoms with E-state index in [4.69, 9.17) is 11.6 Å². The first-order valence-electron chi connectivity index (χ1n) is 9.90. The van der Waals surface area contributed by atoms with Crippen molar-refractivity contribution in [3.63, 3.8) is 0 Å². The number of hydrogen-bond donors (Lipinski definition) is 1. The number of hydrogen-bond acceptors (Lipinski definition) is 3. The van der Waals surface area contributed by atoms with Crippen LogP contribution in [0.3, 0.4) is 0 Å². The predicted octanol–water partition coefficient (Wildman–Crippen LogP) is 5.31. The van der Waals surface area contributed by atoms with Crippen LogP contribution < -0.4 is 0 Å². The van der Waals surface area contributed by atoms with Gasteiger partial charge in [0, 0.05) is 10.6 Å². The molecular formula is C25H19ClN2O3. The minimum Gasteiger partial charge on any atom is -0.480 e. The summed E-state index contributed by atoms with van der Waals surface area (Å²) in [5.41, 5.74) is 2.83. The molecule has 3 aromatic carbocycles. The Morgan fingerprint density at radius 3 is 2.39 bits per heavy atom. The van der Waals surface area contributed by atoms with Crippen LogP contribution in [0.1, 0.15) is 40.4 Å². The minimum atomic E-state index is -1.05. The van der Waals surface area contributed by atoms with Crippen LogP contribution in [0.25, 0.3) is 11.1 Å². The van der Waals surface area contributed by atoms with Crippen LogP contribution in [0, 0.1) is 11.3 Å². The lowest BCUT2D eigenvalue weighted by Crippen LogP contribution is -2.42. The molecule has 1 heterocycles. The van der Waals surface area contributed by atoms with Gasteiger partial charge in [-0.1, -0.05) is 66.2 Å². The number of carboxylic acid groups (broad SMARTS) is 1. The van der Waals surface area contributed by atoms with E-state index >= 15 is 0 Å². The van der Waals surface area contributed by atoms with E-state index in [1.165, 1.54) is 11.0 Å². The number of rotatable bonds is 4. The fraction of sp³-hybridized carbons (Fsp3) is 0.160. The van der Waals surface area contributed by atoms with E-state index in [-0.39, 0.29) is 0 Å². The first kappa shape index (κ1) is 20.6. The Morgan fingerprint density at radius 1 is 1.00 bits per heavy atom. The molecular weight excluding hydrogens is 412 g/mol. The van der Waals surface area contributed by atoms with Gasteiger partial charge >= 0.3 is 5.97 Å². The van der Waals surface area contributed by atoms with Gasteiger partial charge in [0.1, 0.15) is 6.04 Å². The third-order valence-electron chi connectivity index (χ3n) is 5.63. The maximum atomic E-state index is 13.8. The van der Waals surface area contributed by atoms with Crippen LogP contribution >= 0.6 is 11.6 Å². The predicted molar refractivity (Wildman–Crippen MR) is 118 cm³/mol. The highest BCUT2D eigenvalue weighted by atomic mass is 35.5. The summed E-state index contributed by atoms with van der Waals surface area (Å²) in [5, 5.41) is 19.7. The summed E-state index contributed by atoms with van der Waals surface area (Å²) >= 11 is 6.39. The minimum absolute atomic E-state index is 0.301. The quantitative estimate of drug-likeness (QED) is 0.608. The lowest BCUT2D eigenvalue weighted by atomic mass is 9.96. The average Bonchev–Trinajstić information content (AvgIpc) is 3.24. The van der Waals surface area contributed by atoms with Gasteiger partial charge in [-0.25, -0.2) is 4.79 Å². The van der Waals surface area contributed by atoms with Crippen molar-refractivity contribution >= 4 is 23.5 Å². The van der Waals surface area contributed by atoms with Crippen LogP contribution in [-0.4, -0.2) is 27.9 Å². The molecule has 0 saturated carbocycles. The van der Waals surface area contributed by atoms with Crippen molar-refractivity contribution in [1.29, 1.82) is 5.26 Å². The molecule has 0 bridgehead atoms. The molecule has 0 spiro atoms. The van der Waals surface area contributed by atoms with Gasteiger partial charge in [-0.15, -0.1) is 0 Å². The SMILES string of the molecule is N#Cc1ccc(-c2ccccc2)c(C(=O)N2C(C(=O)O)CCC2c2ccccc2Cl)c1. The highest BCUT2D eigenvalue weighted by molar-refractivity contribution is 6.31. The number of nitrogens with zero attached hydrogens (tertiary/aromatic N) is 2. The van der Waals surface area contributed by atoms with Gasteiger partial charge in [-0.05, 0) is 47.7 Å². The highest BCUT2D eigenvalue weighted by Crippen LogP contribution is 2.41. The maximum absolute atomic E-state index is 13.8. The molecule has 154 valence electrons. The van der Waals surface area contributed by atoms with E-state index in [9.17, 15) is 20.0 Å². The van der Waals surface area contributed by atoms with Gasteiger partial charge in [-0.3, -0.25) is 4.79 Å². The van der Waals surface area contributed by atoms with Crippen molar-refractivity contribution in [1.82, 2.24) is 4.90 Å². The number of carboxylic acids is 1. The second kappa shape index (κ2) is 8.63. The molecule has 1 aliphatic rings. The summed E-state index contributed by atoms with van der Waals surface area (Å²) in [6.45, 7) is 0. The molecule has 6 heteroatoms. The topological polar surface area (TPSA) is 81.4 Å². The number of amides is 1. The Bertz CT molecular complexity index is 1190. The molecule has 4 rings (SSSR count). The number of halogens is 1. The van der Waals surface area contributed by atoms with Crippen molar-refractivity contribution in [2.75, 3.05) is 0 Å². The maximum Gasteiger partial charge on any atom is 0.326 e. The van der Waals surface area contributed by atoms with Crippen LogP contribution in [0.15, 0.2) is 72.8 Å². The average molecular weight is 431 g/mol. The standard InChI is InChI=1S/C25H19ClN2O3/c26-21-9-5-4-8-19(21)22-12-13-23(25(30)31)28(22)24(29)20-14-16(15-27)10-11-18(20)17-6-2-1-3-7-17/h1-11,14,22-23H,12-13H2,(H,30,31). The Balaban J connectivity index is 1.85. The zero-order valence-corrected chi connectivity index (χ0v) is 17.3. The van der Waals surface area contributed by atoms with Crippen LogP contribution in [0.2, 0.25) is 5.02 Å². The van der Waals surface area contributed by atoms with E-state index in [1.807, 2.05) is 42.5 Å². The van der Waals surface area contributed by atoms with E-state index < -0.39 is 24.0 Å². The molecule has 1 saturated heterocycles. The Morgan fingerprint density at radius 2 is 1.71 bits per heavy atom. The van der Waals surface area contributed by atoms with Crippen molar-refractivity contribution in [3.8, 4) is 17.2 Å². The fourth-order valence-electron chi connectivity index (χ4n) is 4.19. The van der Waals surface area contributed by atoms with Crippen molar-refractivity contribution < 1.29 is 14.7 Å². The van der Waals surface area contributed by atoms with Crippen molar-refractivity contribution in [2.45, 2.75) is 24.9 Å². The zero-order chi connectivity index (χ0) is 22.0. The summed E-state index contributed by atoms with van der Waals surface area (Å²) in [6, 6.07) is 22.1. The van der Waals surface area contributed by atoms with E-state index in [0.717, 1.165) is 11.1 Å². The van der Waals surface area contributed by atoms with Crippen LogP contribution in [0.4, 0.5) is 0 Å². The number of nitriles is 1. The molecule has 1 fully saturated rings. The van der Waals surface area contributed by atoms with Crippen LogP contribution in [-0.2, 0) is 4.79 Å². The van der Waals surface area contributed by atoms with Crippen molar-refractivity contribution in [2.24, 2.45) is 0 Å². The molecule has 2 unspecified atom stereocenters. The monoisotopic (exact) mass is 430 g/mol. The second-order valence-electron chi connectivity index (χ2n) is 7.42. The smallest absolute Gasteiger partial charge is 0.326 e. The lowest BCUT2D eigenvalue weighted by Gasteiger charge is -2.30. The molecule has 1 aliphatic heterocycles. The van der Waals surface area contributed by atoms with Gasteiger partial charge in [0.2, 0.25) is 0 Å². The molecule has 0 radical (unpaired) electrons. The third-order valence-corrected chi connectivity index (χ3v) is 5.98. The summed E-state index contributed by atoms with van der Waals surface area (Å²) in [7, 11) is 0. The summed E-state index contributed by atoms with van der Waals surface area (Å²) in [6.07, 6.45) is 0.820. The zero-order valence-electron chi connectivity index (χ0n) is 16.5. The molecule has 0 aromatic heterocycles. The third kappa shape index (κ3) is 3.90. The van der Waals surface area contributed by atoms with E-state index in [0.29, 0.717) is 34.6 Å². The molecule has 5 nitrogen and oxygen atoms in total. The van der Waals surface area contributed by atoms with Crippen molar-refractivity contribution in [3.05, 3.63) is 94.5 Å². The number of carbonyl (C=O) groups is 2. The summed E-state index contributed by atoms with van der Waals surface area (Å²) < 4.78 is 0. The largest absolute Gasteiger partial charge is 0.480 e. The molecule has 1 N–H and O–H groups in total. The van der Waals surface area contributed by atoms with Gasteiger partial charge in [0.05, 0.1) is 17.7 Å². The fourth-order valence-corrected chi connectivity index (χ4v) is 4.45. The summed E-state index contributed by atoms with van der Waals surface area (Å²) in [5.74, 6) is -1.48. The van der Waals surface area contributed by atoms with Crippen LogP contribution in [0.5, 0.6) is 0 Å². The molecule has 1 amide bonds. The lowest BCUT2D eigenvalue weighted by molar-refractivity contribution is -0.141. The first-order valence-corrected chi connectivity index (χ1v) is 10.3. The number of carbonyl (C=O) groups excluding carboxylic acids is 1. The number of aliphatic carboxylic acids is 1. The normalized spacial score (nSPS) is 17.9. The Kier molecular flexibility index (Phi) is 5.75. The Labute approximate surface area is 185 Å². The highest BCUT2D eigenvalue weighted by Gasteiger charge is 2.43. The van der Waals surface area contributed by atoms with E-state index in [2.05, 4.69) is 6.07 Å². The number of benzene rings is 3. The summed E-state index contributed by atoms with van der Waals surface area (Å²) in [4.78, 5) is 27.2. The van der Waals surface area contributed by atoms with Gasteiger partial charge < -0.3 is 10.0 Å². The van der Waals surface area contributed by atoms with Gasteiger partial charge in [0.15, 0.2) is 0 Å². The number of likely N-dealkylation sites (tertiary alicyclic amines) is 1. The molecule has 3 aromatic rings. The Hall–Kier alpha value is -3.62. The molecule has 2 atom stereocenters. The second-order valence-corrected chi connectivity index (χ2v) is 7.83. The first-order chi connectivity index (χ1) is 15.0. The van der Waals surface area contributed by atoms with Gasteiger partial charge in [0.25, 0.3) is 5.91 Å². The molecule has 31 heavy (non-hydrogen) atoms. The van der Waals surface area contributed by atoms with E-state index in [1.54, 1.807) is 24.3 Å². The van der Waals surface area contributed by atoms with Gasteiger partial charge in [-0.2, -0.15) is 5.26 Å². The molecule has 0 aliphatic carbocycles.